The first kappa shape index (κ1) is 19.8. The van der Waals surface area contributed by atoms with Crippen LogP contribution in [0.1, 0.15) is 26.5 Å². The fourth-order valence-electron chi connectivity index (χ4n) is 3.40. The maximum atomic E-state index is 13.4. The number of fused-ring (bicyclic) bond motifs is 3. The lowest BCUT2D eigenvalue weighted by molar-refractivity contribution is 0.0982. The van der Waals surface area contributed by atoms with E-state index in [1.54, 1.807) is 16.9 Å². The van der Waals surface area contributed by atoms with Crippen molar-refractivity contribution in [3.05, 3.63) is 62.7 Å². The molecule has 150 valence electrons. The van der Waals surface area contributed by atoms with Crippen molar-refractivity contribution in [2.75, 3.05) is 6.54 Å². The molecular weight excluding hydrogens is 413 g/mol. The summed E-state index contributed by atoms with van der Waals surface area (Å²) in [5, 5.41) is 4.74. The summed E-state index contributed by atoms with van der Waals surface area (Å²) in [6, 6.07) is 7.86. The predicted octanol–water partition coefficient (Wildman–Crippen LogP) is 3.27. The third-order valence-corrected chi connectivity index (χ3v) is 6.27. The van der Waals surface area contributed by atoms with Crippen molar-refractivity contribution in [1.29, 1.82) is 0 Å². The Balaban J connectivity index is 1.66. The van der Waals surface area contributed by atoms with E-state index in [9.17, 15) is 9.18 Å². The van der Waals surface area contributed by atoms with Gasteiger partial charge < -0.3 is 11.5 Å². The van der Waals surface area contributed by atoms with Crippen LogP contribution in [-0.2, 0) is 13.0 Å². The minimum Gasteiger partial charge on any atom is -0.383 e. The largest absolute Gasteiger partial charge is 0.383 e. The Hall–Kier alpha value is -2.55. The number of hydrogen-bond acceptors (Lipinski definition) is 5. The molecule has 4 N–H and O–H groups in total. The van der Waals surface area contributed by atoms with Gasteiger partial charge in [-0.25, -0.2) is 4.39 Å². The minimum atomic E-state index is -0.302. The molecule has 0 spiro atoms. The molecule has 3 heterocycles. The fraction of sp³-hybridized carbons (Fsp3) is 0.250. The summed E-state index contributed by atoms with van der Waals surface area (Å²) in [5.74, 6) is 0.0230. The van der Waals surface area contributed by atoms with E-state index in [4.69, 9.17) is 23.1 Å². The number of aromatic nitrogens is 2. The molecule has 1 aromatic carbocycles. The van der Waals surface area contributed by atoms with Crippen LogP contribution in [0.15, 0.2) is 41.5 Å². The average molecular weight is 432 g/mol. The minimum absolute atomic E-state index is 0.0285. The number of carbonyl (C=O) groups excluding carboxylic acids is 1. The van der Waals surface area contributed by atoms with Crippen LogP contribution in [0.5, 0.6) is 0 Å². The second-order valence-corrected chi connectivity index (χ2v) is 8.29. The summed E-state index contributed by atoms with van der Waals surface area (Å²) in [4.78, 5) is 18.4. The Morgan fingerprint density at radius 2 is 2.24 bits per heavy atom. The summed E-state index contributed by atoms with van der Waals surface area (Å²) < 4.78 is 15.2. The van der Waals surface area contributed by atoms with Crippen molar-refractivity contribution >= 4 is 34.6 Å². The van der Waals surface area contributed by atoms with Gasteiger partial charge in [0, 0.05) is 25.1 Å². The highest BCUT2D eigenvalue weighted by molar-refractivity contribution is 7.16. The molecular formula is C20H19ClFN5OS. The number of ketones is 1. The number of aryl methyl sites for hydroxylation is 1. The van der Waals surface area contributed by atoms with E-state index in [0.717, 1.165) is 16.8 Å². The Kier molecular flexibility index (Phi) is 5.49. The summed E-state index contributed by atoms with van der Waals surface area (Å²) in [6.07, 6.45) is 2.40. The van der Waals surface area contributed by atoms with Gasteiger partial charge in [-0.3, -0.25) is 14.5 Å². The van der Waals surface area contributed by atoms with E-state index in [0.29, 0.717) is 40.0 Å². The van der Waals surface area contributed by atoms with Gasteiger partial charge in [0.05, 0.1) is 32.7 Å². The van der Waals surface area contributed by atoms with Crippen molar-refractivity contribution in [3.63, 3.8) is 0 Å². The van der Waals surface area contributed by atoms with E-state index >= 15 is 0 Å². The van der Waals surface area contributed by atoms with Crippen LogP contribution in [0.3, 0.4) is 0 Å². The van der Waals surface area contributed by atoms with Crippen LogP contribution in [0.25, 0.3) is 11.3 Å². The highest BCUT2D eigenvalue weighted by atomic mass is 35.5. The lowest BCUT2D eigenvalue weighted by Crippen LogP contribution is -2.25. The standard InChI is InChI=1S/C20H19ClFN5OS/c21-15-10-25-27-5-4-16(28)19-14(18(15)27)8-17(29-19)20(24)26-13(9-23)7-11-2-1-3-12(22)6-11/h1-3,6,8,10,13H,4-5,7,9,23H2,(H2,24,26). The smallest absolute Gasteiger partial charge is 0.175 e. The van der Waals surface area contributed by atoms with E-state index in [-0.39, 0.29) is 24.2 Å². The predicted molar refractivity (Wildman–Crippen MR) is 113 cm³/mol. The van der Waals surface area contributed by atoms with Crippen molar-refractivity contribution in [2.24, 2.45) is 16.5 Å². The molecule has 0 fully saturated rings. The maximum absolute atomic E-state index is 13.4. The van der Waals surface area contributed by atoms with E-state index in [1.807, 2.05) is 12.1 Å². The number of aliphatic imine (C=N–C) groups is 1. The van der Waals surface area contributed by atoms with Gasteiger partial charge >= 0.3 is 0 Å². The molecule has 0 saturated heterocycles. The molecule has 1 unspecified atom stereocenters. The number of nitrogens with zero attached hydrogens (tertiary/aromatic N) is 3. The van der Waals surface area contributed by atoms with Crippen LogP contribution < -0.4 is 11.5 Å². The SMILES string of the molecule is NCC(Cc1cccc(F)c1)N=C(N)c1cc2c(s1)C(=O)CCn1ncc(Cl)c1-2. The van der Waals surface area contributed by atoms with E-state index in [2.05, 4.69) is 10.1 Å². The number of nitrogens with two attached hydrogens (primary N) is 2. The molecule has 2 aromatic heterocycles. The zero-order valence-corrected chi connectivity index (χ0v) is 17.0. The number of benzene rings is 1. The van der Waals surface area contributed by atoms with Gasteiger partial charge in [0.2, 0.25) is 0 Å². The van der Waals surface area contributed by atoms with Gasteiger partial charge in [-0.2, -0.15) is 5.10 Å². The second kappa shape index (κ2) is 8.06. The maximum Gasteiger partial charge on any atom is 0.175 e. The third-order valence-electron chi connectivity index (χ3n) is 4.79. The molecule has 9 heteroatoms. The van der Waals surface area contributed by atoms with Gasteiger partial charge in [-0.1, -0.05) is 23.7 Å². The first-order valence-electron chi connectivity index (χ1n) is 9.13. The van der Waals surface area contributed by atoms with Crippen molar-refractivity contribution in [3.8, 4) is 11.3 Å². The van der Waals surface area contributed by atoms with Crippen LogP contribution in [0.4, 0.5) is 4.39 Å². The lowest BCUT2D eigenvalue weighted by atomic mass is 10.1. The molecule has 6 nitrogen and oxygen atoms in total. The summed E-state index contributed by atoms with van der Waals surface area (Å²) in [6.45, 7) is 0.754. The van der Waals surface area contributed by atoms with Crippen molar-refractivity contribution in [2.45, 2.75) is 25.4 Å². The molecule has 0 saturated carbocycles. The van der Waals surface area contributed by atoms with Gasteiger partial charge in [0.15, 0.2) is 5.78 Å². The Morgan fingerprint density at radius 3 is 3.00 bits per heavy atom. The monoisotopic (exact) mass is 431 g/mol. The van der Waals surface area contributed by atoms with E-state index < -0.39 is 0 Å². The number of rotatable bonds is 5. The molecule has 0 bridgehead atoms. The second-order valence-electron chi connectivity index (χ2n) is 6.83. The van der Waals surface area contributed by atoms with Crippen LogP contribution in [-0.4, -0.2) is 34.0 Å². The quantitative estimate of drug-likeness (QED) is 0.478. The Labute approximate surface area is 176 Å². The number of Topliss-reactive ketones (excluding diaryl/α,β-unsaturated/α-hetero) is 1. The van der Waals surface area contributed by atoms with Gasteiger partial charge in [0.1, 0.15) is 11.7 Å². The normalized spacial score (nSPS) is 15.0. The number of halogens is 2. The molecule has 0 amide bonds. The molecule has 1 atom stereocenters. The van der Waals surface area contributed by atoms with Gasteiger partial charge in [0.25, 0.3) is 0 Å². The third kappa shape index (κ3) is 3.96. The van der Waals surface area contributed by atoms with Crippen molar-refractivity contribution < 1.29 is 9.18 Å². The topological polar surface area (TPSA) is 99.3 Å². The lowest BCUT2D eigenvalue weighted by Gasteiger charge is -2.11. The molecule has 1 aliphatic heterocycles. The first-order chi connectivity index (χ1) is 14.0. The number of amidine groups is 1. The van der Waals surface area contributed by atoms with Crippen molar-refractivity contribution in [1.82, 2.24) is 9.78 Å². The molecule has 1 aliphatic rings. The van der Waals surface area contributed by atoms with Crippen LogP contribution in [0.2, 0.25) is 5.02 Å². The molecule has 0 aliphatic carbocycles. The summed E-state index contributed by atoms with van der Waals surface area (Å²) >= 11 is 7.60. The Bertz CT molecular complexity index is 1110. The highest BCUT2D eigenvalue weighted by Crippen LogP contribution is 2.38. The molecule has 3 aromatic rings. The van der Waals surface area contributed by atoms with Gasteiger partial charge in [-0.15, -0.1) is 11.3 Å². The average Bonchev–Trinajstić information content (AvgIpc) is 3.26. The molecule has 0 radical (unpaired) electrons. The molecule has 29 heavy (non-hydrogen) atoms. The number of thiophene rings is 1. The van der Waals surface area contributed by atoms with Gasteiger partial charge in [-0.05, 0) is 30.2 Å². The van der Waals surface area contributed by atoms with Crippen LogP contribution in [0, 0.1) is 5.82 Å². The summed E-state index contributed by atoms with van der Waals surface area (Å²) in [7, 11) is 0. The Morgan fingerprint density at radius 1 is 1.41 bits per heavy atom. The zero-order chi connectivity index (χ0) is 20.5. The zero-order valence-electron chi connectivity index (χ0n) is 15.4. The van der Waals surface area contributed by atoms with E-state index in [1.165, 1.54) is 23.5 Å². The first-order valence-corrected chi connectivity index (χ1v) is 10.3. The molecule has 4 rings (SSSR count). The van der Waals surface area contributed by atoms with Crippen LogP contribution >= 0.6 is 22.9 Å². The number of hydrogen-bond donors (Lipinski definition) is 2. The number of carbonyl (C=O) groups is 1. The summed E-state index contributed by atoms with van der Waals surface area (Å²) in [5.41, 5.74) is 14.3. The highest BCUT2D eigenvalue weighted by Gasteiger charge is 2.27. The fourth-order valence-corrected chi connectivity index (χ4v) is 4.68.